The number of anilines is 2. The van der Waals surface area contributed by atoms with Gasteiger partial charge >= 0.3 is 0 Å². The summed E-state index contributed by atoms with van der Waals surface area (Å²) < 4.78 is 5.36. The van der Waals surface area contributed by atoms with Crippen molar-refractivity contribution < 1.29 is 14.0 Å². The molecule has 0 radical (unpaired) electrons. The summed E-state index contributed by atoms with van der Waals surface area (Å²) in [6.07, 6.45) is 4.13. The van der Waals surface area contributed by atoms with Crippen LogP contribution in [0.3, 0.4) is 0 Å². The summed E-state index contributed by atoms with van der Waals surface area (Å²) in [6, 6.07) is 5.50. The van der Waals surface area contributed by atoms with E-state index in [1.165, 1.54) is 0 Å². The Balaban J connectivity index is 1.74. The first-order valence-corrected chi connectivity index (χ1v) is 8.61. The minimum Gasteiger partial charge on any atom is -0.436 e. The van der Waals surface area contributed by atoms with E-state index in [0.29, 0.717) is 23.0 Å². The number of benzene rings is 1. The lowest BCUT2D eigenvalue weighted by atomic mass is 10.1. The quantitative estimate of drug-likeness (QED) is 0.881. The standard InChI is InChI=1S/C19H23N3O3/c1-11-8-9-15(21-18(23)14-6-4-5-7-14)10-16(11)22-19(24)17-12(2)20-13(3)25-17/h8-10,14H,4-7H2,1-3H3,(H,21,23)(H,22,24). The number of nitrogens with zero attached hydrogens (tertiary/aromatic N) is 1. The largest absolute Gasteiger partial charge is 0.436 e. The first-order chi connectivity index (χ1) is 11.9. The Morgan fingerprint density at radius 2 is 1.84 bits per heavy atom. The molecule has 0 spiro atoms. The van der Waals surface area contributed by atoms with E-state index in [9.17, 15) is 9.59 Å². The number of carbonyl (C=O) groups excluding carboxylic acids is 2. The summed E-state index contributed by atoms with van der Waals surface area (Å²) in [7, 11) is 0. The van der Waals surface area contributed by atoms with E-state index in [1.54, 1.807) is 19.9 Å². The molecule has 0 bridgehead atoms. The van der Waals surface area contributed by atoms with E-state index in [4.69, 9.17) is 4.42 Å². The highest BCUT2D eigenvalue weighted by Gasteiger charge is 2.23. The number of hydrogen-bond acceptors (Lipinski definition) is 4. The van der Waals surface area contributed by atoms with Crippen molar-refractivity contribution in [1.82, 2.24) is 4.98 Å². The summed E-state index contributed by atoms with van der Waals surface area (Å²) in [6.45, 7) is 5.33. The number of nitrogens with one attached hydrogen (secondary N) is 2. The zero-order valence-corrected chi connectivity index (χ0v) is 14.8. The molecule has 2 amide bonds. The number of amides is 2. The van der Waals surface area contributed by atoms with Crippen LogP contribution in [-0.4, -0.2) is 16.8 Å². The molecular formula is C19H23N3O3. The second-order valence-electron chi connectivity index (χ2n) is 6.60. The molecule has 1 aliphatic carbocycles. The van der Waals surface area contributed by atoms with Gasteiger partial charge in [-0.1, -0.05) is 18.9 Å². The monoisotopic (exact) mass is 341 g/mol. The molecule has 1 aliphatic rings. The molecule has 2 N–H and O–H groups in total. The average molecular weight is 341 g/mol. The molecule has 132 valence electrons. The Labute approximate surface area is 147 Å². The fourth-order valence-electron chi connectivity index (χ4n) is 3.19. The topological polar surface area (TPSA) is 84.2 Å². The zero-order chi connectivity index (χ0) is 18.0. The predicted octanol–water partition coefficient (Wildman–Crippen LogP) is 3.98. The number of hydrogen-bond donors (Lipinski definition) is 2. The molecule has 0 unspecified atom stereocenters. The van der Waals surface area contributed by atoms with Gasteiger partial charge < -0.3 is 15.1 Å². The van der Waals surface area contributed by atoms with Crippen molar-refractivity contribution in [3.05, 3.63) is 41.1 Å². The van der Waals surface area contributed by atoms with Crippen LogP contribution in [-0.2, 0) is 4.79 Å². The number of aromatic nitrogens is 1. The molecule has 3 rings (SSSR count). The van der Waals surface area contributed by atoms with Crippen LogP contribution < -0.4 is 10.6 Å². The van der Waals surface area contributed by atoms with Gasteiger partial charge in [0.25, 0.3) is 5.91 Å². The van der Waals surface area contributed by atoms with Crippen LogP contribution in [0.25, 0.3) is 0 Å². The third-order valence-corrected chi connectivity index (χ3v) is 4.59. The van der Waals surface area contributed by atoms with Crippen molar-refractivity contribution in [3.63, 3.8) is 0 Å². The van der Waals surface area contributed by atoms with Gasteiger partial charge in [0.05, 0.1) is 5.69 Å². The Morgan fingerprint density at radius 1 is 1.12 bits per heavy atom. The first kappa shape index (κ1) is 17.2. The van der Waals surface area contributed by atoms with Crippen LogP contribution in [0, 0.1) is 26.7 Å². The van der Waals surface area contributed by atoms with Gasteiger partial charge in [0.15, 0.2) is 5.89 Å². The van der Waals surface area contributed by atoms with E-state index < -0.39 is 0 Å². The van der Waals surface area contributed by atoms with Crippen LogP contribution in [0.4, 0.5) is 11.4 Å². The minimum atomic E-state index is -0.347. The lowest BCUT2D eigenvalue weighted by molar-refractivity contribution is -0.119. The lowest BCUT2D eigenvalue weighted by Gasteiger charge is -2.13. The molecule has 2 aromatic rings. The van der Waals surface area contributed by atoms with Gasteiger partial charge in [-0.3, -0.25) is 9.59 Å². The Bertz CT molecular complexity index is 804. The van der Waals surface area contributed by atoms with Crippen LogP contribution in [0.2, 0.25) is 0 Å². The maximum atomic E-state index is 12.4. The van der Waals surface area contributed by atoms with Gasteiger partial charge in [0.1, 0.15) is 0 Å². The van der Waals surface area contributed by atoms with Gasteiger partial charge in [-0.25, -0.2) is 4.98 Å². The molecule has 25 heavy (non-hydrogen) atoms. The Morgan fingerprint density at radius 3 is 2.48 bits per heavy atom. The molecule has 6 nitrogen and oxygen atoms in total. The number of aryl methyl sites for hydroxylation is 3. The highest BCUT2D eigenvalue weighted by atomic mass is 16.4. The summed E-state index contributed by atoms with van der Waals surface area (Å²) in [5.41, 5.74) is 2.78. The summed E-state index contributed by atoms with van der Waals surface area (Å²) in [5.74, 6) is 0.467. The van der Waals surface area contributed by atoms with Gasteiger partial charge in [0.2, 0.25) is 11.7 Å². The van der Waals surface area contributed by atoms with Crippen LogP contribution in [0.5, 0.6) is 0 Å². The van der Waals surface area contributed by atoms with Crippen molar-refractivity contribution >= 4 is 23.2 Å². The maximum Gasteiger partial charge on any atom is 0.293 e. The predicted molar refractivity (Wildman–Crippen MR) is 95.7 cm³/mol. The molecule has 1 heterocycles. The van der Waals surface area contributed by atoms with E-state index in [-0.39, 0.29) is 23.5 Å². The summed E-state index contributed by atoms with van der Waals surface area (Å²) in [4.78, 5) is 28.8. The van der Waals surface area contributed by atoms with Crippen molar-refractivity contribution in [1.29, 1.82) is 0 Å². The molecule has 0 aliphatic heterocycles. The van der Waals surface area contributed by atoms with Crippen molar-refractivity contribution in [2.45, 2.75) is 46.5 Å². The average Bonchev–Trinajstić information content (AvgIpc) is 3.20. The lowest BCUT2D eigenvalue weighted by Crippen LogP contribution is -2.20. The minimum absolute atomic E-state index is 0.0559. The molecular weight excluding hydrogens is 318 g/mol. The SMILES string of the molecule is Cc1nc(C)c(C(=O)Nc2cc(NC(=O)C3CCCC3)ccc2C)o1. The number of rotatable bonds is 4. The van der Waals surface area contributed by atoms with E-state index in [2.05, 4.69) is 15.6 Å². The molecule has 0 atom stereocenters. The normalized spacial score (nSPS) is 14.5. The van der Waals surface area contributed by atoms with E-state index >= 15 is 0 Å². The second kappa shape index (κ2) is 7.09. The van der Waals surface area contributed by atoms with Crippen LogP contribution >= 0.6 is 0 Å². The second-order valence-corrected chi connectivity index (χ2v) is 6.60. The molecule has 1 fully saturated rings. The highest BCUT2D eigenvalue weighted by molar-refractivity contribution is 6.04. The van der Waals surface area contributed by atoms with Crippen molar-refractivity contribution in [2.24, 2.45) is 5.92 Å². The fourth-order valence-corrected chi connectivity index (χ4v) is 3.19. The van der Waals surface area contributed by atoms with Gasteiger partial charge in [-0.15, -0.1) is 0 Å². The molecule has 1 saturated carbocycles. The number of oxazole rings is 1. The van der Waals surface area contributed by atoms with Crippen LogP contribution in [0.1, 0.15) is 53.4 Å². The Hall–Kier alpha value is -2.63. The van der Waals surface area contributed by atoms with Crippen molar-refractivity contribution in [3.8, 4) is 0 Å². The fraction of sp³-hybridized carbons (Fsp3) is 0.421. The van der Waals surface area contributed by atoms with Gasteiger partial charge in [-0.05, 0) is 44.4 Å². The smallest absolute Gasteiger partial charge is 0.293 e. The van der Waals surface area contributed by atoms with E-state index in [1.807, 2.05) is 19.1 Å². The third-order valence-electron chi connectivity index (χ3n) is 4.59. The summed E-state index contributed by atoms with van der Waals surface area (Å²) >= 11 is 0. The Kier molecular flexibility index (Phi) is 4.88. The third kappa shape index (κ3) is 3.90. The molecule has 1 aromatic carbocycles. The maximum absolute atomic E-state index is 12.4. The van der Waals surface area contributed by atoms with Crippen molar-refractivity contribution in [2.75, 3.05) is 10.6 Å². The summed E-state index contributed by atoms with van der Waals surface area (Å²) in [5, 5.41) is 5.79. The highest BCUT2D eigenvalue weighted by Crippen LogP contribution is 2.27. The van der Waals surface area contributed by atoms with E-state index in [0.717, 1.165) is 31.2 Å². The molecule has 0 saturated heterocycles. The first-order valence-electron chi connectivity index (χ1n) is 8.61. The molecule has 6 heteroatoms. The van der Waals surface area contributed by atoms with Gasteiger partial charge in [-0.2, -0.15) is 0 Å². The molecule has 1 aromatic heterocycles. The number of carbonyl (C=O) groups is 2. The zero-order valence-electron chi connectivity index (χ0n) is 14.8. The van der Waals surface area contributed by atoms with Gasteiger partial charge in [0, 0.05) is 24.2 Å². The van der Waals surface area contributed by atoms with Crippen LogP contribution in [0.15, 0.2) is 22.6 Å².